The molecule has 1 N–H and O–H groups in total. The molecule has 0 radical (unpaired) electrons. The van der Waals surface area contributed by atoms with Gasteiger partial charge in [-0.15, -0.1) is 0 Å². The average molecular weight is 259 g/mol. The molecule has 1 heterocycles. The number of carbonyl (C=O) groups is 1. The highest BCUT2D eigenvalue weighted by Gasteiger charge is 2.06. The lowest BCUT2D eigenvalue weighted by atomic mass is 10.2. The zero-order chi connectivity index (χ0) is 13.8. The smallest absolute Gasteiger partial charge is 0.221 e. The van der Waals surface area contributed by atoms with Gasteiger partial charge >= 0.3 is 0 Å². The fourth-order valence-corrected chi connectivity index (χ4v) is 2.00. The lowest BCUT2D eigenvalue weighted by Crippen LogP contribution is -2.28. The third-order valence-electron chi connectivity index (χ3n) is 3.06. The van der Waals surface area contributed by atoms with E-state index in [9.17, 15) is 4.79 Å². The predicted octanol–water partition coefficient (Wildman–Crippen LogP) is 2.51. The van der Waals surface area contributed by atoms with Crippen molar-refractivity contribution in [3.63, 3.8) is 0 Å². The van der Waals surface area contributed by atoms with Gasteiger partial charge in [0.05, 0.1) is 18.3 Å². The minimum atomic E-state index is 0.0875. The summed E-state index contributed by atoms with van der Waals surface area (Å²) in [6, 6.07) is 6.24. The third-order valence-corrected chi connectivity index (χ3v) is 3.06. The van der Waals surface area contributed by atoms with Gasteiger partial charge in [0.2, 0.25) is 5.91 Å². The van der Waals surface area contributed by atoms with Crippen LogP contribution in [0.2, 0.25) is 0 Å². The van der Waals surface area contributed by atoms with Crippen LogP contribution in [0.5, 0.6) is 0 Å². The number of carbonyl (C=O) groups excluding carboxylic acids is 1. The van der Waals surface area contributed by atoms with Crippen molar-refractivity contribution in [3.05, 3.63) is 30.0 Å². The Kier molecular flexibility index (Phi) is 4.20. The summed E-state index contributed by atoms with van der Waals surface area (Å²) >= 11 is 0. The lowest BCUT2D eigenvalue weighted by molar-refractivity contribution is -0.121. The van der Waals surface area contributed by atoms with E-state index in [0.717, 1.165) is 17.4 Å². The summed E-state index contributed by atoms with van der Waals surface area (Å²) < 4.78 is 1.89. The van der Waals surface area contributed by atoms with E-state index in [1.54, 1.807) is 0 Å². The largest absolute Gasteiger partial charge is 0.356 e. The molecule has 2 rings (SSSR count). The quantitative estimate of drug-likeness (QED) is 0.896. The van der Waals surface area contributed by atoms with Gasteiger partial charge in [-0.1, -0.05) is 25.5 Å². The fraction of sp³-hybridized carbons (Fsp3) is 0.467. The number of benzene rings is 1. The highest BCUT2D eigenvalue weighted by molar-refractivity contribution is 5.80. The van der Waals surface area contributed by atoms with Crippen LogP contribution in [0.25, 0.3) is 10.9 Å². The molecule has 1 aromatic carbocycles. The molecule has 1 amide bonds. The standard InChI is InChI=1S/C15H21N3O/c1-11(2)9-16-15(19)6-7-18-14-5-4-12(3)8-13(14)10-17-18/h4-5,8,10-11H,6-7,9H2,1-3H3,(H,16,19). The normalized spacial score (nSPS) is 11.2. The average Bonchev–Trinajstić information content (AvgIpc) is 2.76. The molecule has 4 heteroatoms. The number of hydrogen-bond donors (Lipinski definition) is 1. The number of fused-ring (bicyclic) bond motifs is 1. The molecule has 0 saturated heterocycles. The van der Waals surface area contributed by atoms with E-state index in [-0.39, 0.29) is 5.91 Å². The van der Waals surface area contributed by atoms with Crippen LogP contribution in [0.15, 0.2) is 24.4 Å². The van der Waals surface area contributed by atoms with Gasteiger partial charge in [-0.05, 0) is 25.0 Å². The van der Waals surface area contributed by atoms with Crippen LogP contribution in [-0.4, -0.2) is 22.2 Å². The topological polar surface area (TPSA) is 46.9 Å². The number of nitrogens with zero attached hydrogens (tertiary/aromatic N) is 2. The van der Waals surface area contributed by atoms with E-state index in [1.165, 1.54) is 5.56 Å². The fourth-order valence-electron chi connectivity index (χ4n) is 2.00. The van der Waals surface area contributed by atoms with Crippen LogP contribution >= 0.6 is 0 Å². The van der Waals surface area contributed by atoms with Crippen molar-refractivity contribution >= 4 is 16.8 Å². The molecular weight excluding hydrogens is 238 g/mol. The molecule has 0 atom stereocenters. The highest BCUT2D eigenvalue weighted by atomic mass is 16.1. The maximum atomic E-state index is 11.7. The van der Waals surface area contributed by atoms with Crippen LogP contribution in [-0.2, 0) is 11.3 Å². The minimum Gasteiger partial charge on any atom is -0.356 e. The van der Waals surface area contributed by atoms with Crippen molar-refractivity contribution in [1.82, 2.24) is 15.1 Å². The van der Waals surface area contributed by atoms with E-state index in [1.807, 2.05) is 10.9 Å². The molecule has 1 aromatic heterocycles. The van der Waals surface area contributed by atoms with Gasteiger partial charge in [-0.25, -0.2) is 0 Å². The Balaban J connectivity index is 1.96. The van der Waals surface area contributed by atoms with Gasteiger partial charge in [0.25, 0.3) is 0 Å². The molecular formula is C15H21N3O. The van der Waals surface area contributed by atoms with Gasteiger partial charge in [0.15, 0.2) is 0 Å². The van der Waals surface area contributed by atoms with E-state index in [4.69, 9.17) is 0 Å². The van der Waals surface area contributed by atoms with Crippen LogP contribution in [0.4, 0.5) is 0 Å². The zero-order valence-electron chi connectivity index (χ0n) is 11.8. The maximum Gasteiger partial charge on any atom is 0.221 e. The highest BCUT2D eigenvalue weighted by Crippen LogP contribution is 2.15. The van der Waals surface area contributed by atoms with Gasteiger partial charge in [-0.2, -0.15) is 5.10 Å². The lowest BCUT2D eigenvalue weighted by Gasteiger charge is -2.08. The Bertz CT molecular complexity index is 572. The summed E-state index contributed by atoms with van der Waals surface area (Å²) in [5.41, 5.74) is 2.31. The van der Waals surface area contributed by atoms with Gasteiger partial charge in [-0.3, -0.25) is 9.48 Å². The Morgan fingerprint density at radius 1 is 1.42 bits per heavy atom. The van der Waals surface area contributed by atoms with Crippen molar-refractivity contribution in [2.24, 2.45) is 5.92 Å². The van der Waals surface area contributed by atoms with E-state index < -0.39 is 0 Å². The number of aryl methyl sites for hydroxylation is 2. The van der Waals surface area contributed by atoms with Crippen LogP contribution in [0, 0.1) is 12.8 Å². The first kappa shape index (κ1) is 13.6. The molecule has 19 heavy (non-hydrogen) atoms. The summed E-state index contributed by atoms with van der Waals surface area (Å²) in [5, 5.41) is 8.39. The van der Waals surface area contributed by atoms with Gasteiger partial charge < -0.3 is 5.32 Å². The summed E-state index contributed by atoms with van der Waals surface area (Å²) in [5.74, 6) is 0.571. The Labute approximate surface area is 113 Å². The molecule has 0 saturated carbocycles. The molecule has 2 aromatic rings. The first-order chi connectivity index (χ1) is 9.06. The number of amides is 1. The number of hydrogen-bond acceptors (Lipinski definition) is 2. The van der Waals surface area contributed by atoms with Crippen molar-refractivity contribution in [2.45, 2.75) is 33.7 Å². The van der Waals surface area contributed by atoms with E-state index in [2.05, 4.69) is 49.4 Å². The summed E-state index contributed by atoms with van der Waals surface area (Å²) in [6.07, 6.45) is 2.33. The Morgan fingerprint density at radius 2 is 2.21 bits per heavy atom. The number of aromatic nitrogens is 2. The summed E-state index contributed by atoms with van der Waals surface area (Å²) in [7, 11) is 0. The van der Waals surface area contributed by atoms with Gasteiger partial charge in [0.1, 0.15) is 0 Å². The maximum absolute atomic E-state index is 11.7. The Morgan fingerprint density at radius 3 is 2.95 bits per heavy atom. The van der Waals surface area contributed by atoms with Crippen molar-refractivity contribution in [3.8, 4) is 0 Å². The SMILES string of the molecule is Cc1ccc2c(cnn2CCC(=O)NCC(C)C)c1. The molecule has 0 spiro atoms. The van der Waals surface area contributed by atoms with Crippen molar-refractivity contribution in [1.29, 1.82) is 0 Å². The molecule has 0 aliphatic carbocycles. The molecule has 0 unspecified atom stereocenters. The second kappa shape index (κ2) is 5.87. The van der Waals surface area contributed by atoms with Crippen molar-refractivity contribution in [2.75, 3.05) is 6.54 Å². The number of rotatable bonds is 5. The minimum absolute atomic E-state index is 0.0875. The zero-order valence-corrected chi connectivity index (χ0v) is 11.8. The first-order valence-corrected chi connectivity index (χ1v) is 6.75. The predicted molar refractivity (Wildman–Crippen MR) is 76.9 cm³/mol. The number of nitrogens with one attached hydrogen (secondary N) is 1. The van der Waals surface area contributed by atoms with Crippen molar-refractivity contribution < 1.29 is 4.79 Å². The summed E-state index contributed by atoms with van der Waals surface area (Å²) in [6.45, 7) is 7.59. The molecule has 0 aliphatic rings. The molecule has 0 fully saturated rings. The second-order valence-corrected chi connectivity index (χ2v) is 5.38. The second-order valence-electron chi connectivity index (χ2n) is 5.38. The molecule has 0 aliphatic heterocycles. The molecule has 0 bridgehead atoms. The van der Waals surface area contributed by atoms with Crippen LogP contribution < -0.4 is 5.32 Å². The molecule has 4 nitrogen and oxygen atoms in total. The van der Waals surface area contributed by atoms with Gasteiger partial charge in [0, 0.05) is 18.4 Å². The third kappa shape index (κ3) is 3.56. The first-order valence-electron chi connectivity index (χ1n) is 6.75. The van der Waals surface area contributed by atoms with E-state index >= 15 is 0 Å². The Hall–Kier alpha value is -1.84. The van der Waals surface area contributed by atoms with Crippen LogP contribution in [0.1, 0.15) is 25.8 Å². The monoisotopic (exact) mass is 259 g/mol. The summed E-state index contributed by atoms with van der Waals surface area (Å²) in [4.78, 5) is 11.7. The van der Waals surface area contributed by atoms with E-state index in [0.29, 0.717) is 18.9 Å². The van der Waals surface area contributed by atoms with Crippen LogP contribution in [0.3, 0.4) is 0 Å². The molecule has 102 valence electrons.